The molecule has 0 saturated carbocycles. The van der Waals surface area contributed by atoms with Crippen molar-refractivity contribution in [2.24, 2.45) is 0 Å². The fraction of sp³-hybridized carbons (Fsp3) is 0.333. The topological polar surface area (TPSA) is 63.7 Å². The number of nitrogens with zero attached hydrogens (tertiary/aromatic N) is 2. The first kappa shape index (κ1) is 18.9. The number of amides is 2. The van der Waals surface area contributed by atoms with Crippen molar-refractivity contribution >= 4 is 23.3 Å². The molecule has 0 saturated heterocycles. The molecule has 0 fully saturated rings. The normalized spacial score (nSPS) is 11.6. The molecule has 1 aromatic carbocycles. The molecule has 1 atom stereocenters. The highest BCUT2D eigenvalue weighted by atomic mass is 35.5. The van der Waals surface area contributed by atoms with Crippen molar-refractivity contribution in [3.05, 3.63) is 46.7 Å². The second kappa shape index (κ2) is 8.07. The van der Waals surface area contributed by atoms with Crippen molar-refractivity contribution in [2.75, 3.05) is 26.6 Å². The first-order chi connectivity index (χ1) is 11.9. The zero-order chi connectivity index (χ0) is 18.6. The number of carbonyl (C=O) groups excluding carboxylic acids is 1. The maximum Gasteiger partial charge on any atom is 0.322 e. The second-order valence-corrected chi connectivity index (χ2v) is 5.98. The highest BCUT2D eigenvalue weighted by molar-refractivity contribution is 6.29. The number of hydrogen-bond acceptors (Lipinski definition) is 4. The standard InChI is InChI=1S/C18H22ClN3O3/c1-11-15(8-9-17(19)20-11)21-18(23)22(3)12(2)14-7-6-13(24-4)10-16(14)25-5/h6-10,12H,1-5H3,(H,21,23). The molecule has 0 aliphatic rings. The molecule has 6 nitrogen and oxygen atoms in total. The van der Waals surface area contributed by atoms with Crippen LogP contribution in [-0.2, 0) is 0 Å². The van der Waals surface area contributed by atoms with Gasteiger partial charge in [0.25, 0.3) is 0 Å². The maximum atomic E-state index is 12.6. The molecule has 1 N–H and O–H groups in total. The van der Waals surface area contributed by atoms with Gasteiger partial charge in [0, 0.05) is 18.7 Å². The number of urea groups is 1. The van der Waals surface area contributed by atoms with E-state index in [1.165, 1.54) is 0 Å². The Morgan fingerprint density at radius 3 is 2.56 bits per heavy atom. The Morgan fingerprint density at radius 1 is 1.24 bits per heavy atom. The van der Waals surface area contributed by atoms with Gasteiger partial charge >= 0.3 is 6.03 Å². The molecule has 0 radical (unpaired) electrons. The van der Waals surface area contributed by atoms with E-state index in [2.05, 4.69) is 10.3 Å². The van der Waals surface area contributed by atoms with Gasteiger partial charge in [0.1, 0.15) is 16.7 Å². The molecule has 0 aliphatic carbocycles. The van der Waals surface area contributed by atoms with Gasteiger partial charge in [-0.2, -0.15) is 0 Å². The lowest BCUT2D eigenvalue weighted by atomic mass is 10.1. The molecule has 134 valence electrons. The number of aromatic nitrogens is 1. The lowest BCUT2D eigenvalue weighted by molar-refractivity contribution is 0.207. The summed E-state index contributed by atoms with van der Waals surface area (Å²) in [5.74, 6) is 1.36. The first-order valence-electron chi connectivity index (χ1n) is 7.76. The summed E-state index contributed by atoms with van der Waals surface area (Å²) in [6, 6.07) is 8.44. The minimum absolute atomic E-state index is 0.207. The van der Waals surface area contributed by atoms with Crippen LogP contribution < -0.4 is 14.8 Å². The summed E-state index contributed by atoms with van der Waals surface area (Å²) in [5.41, 5.74) is 2.16. The molecular weight excluding hydrogens is 342 g/mol. The highest BCUT2D eigenvalue weighted by Gasteiger charge is 2.21. The Balaban J connectivity index is 2.18. The van der Waals surface area contributed by atoms with Crippen LogP contribution in [0.5, 0.6) is 11.5 Å². The summed E-state index contributed by atoms with van der Waals surface area (Å²) >= 11 is 5.85. The van der Waals surface area contributed by atoms with Crippen molar-refractivity contribution in [2.45, 2.75) is 19.9 Å². The molecule has 2 amide bonds. The smallest absolute Gasteiger partial charge is 0.322 e. The van der Waals surface area contributed by atoms with E-state index in [1.807, 2.05) is 19.1 Å². The Hall–Kier alpha value is -2.47. The number of carbonyl (C=O) groups is 1. The van der Waals surface area contributed by atoms with Crippen molar-refractivity contribution < 1.29 is 14.3 Å². The summed E-state index contributed by atoms with van der Waals surface area (Å²) in [4.78, 5) is 18.3. The van der Waals surface area contributed by atoms with E-state index in [-0.39, 0.29) is 12.1 Å². The number of hydrogen-bond donors (Lipinski definition) is 1. The van der Waals surface area contributed by atoms with Crippen LogP contribution in [0.15, 0.2) is 30.3 Å². The lowest BCUT2D eigenvalue weighted by Crippen LogP contribution is -2.34. The van der Waals surface area contributed by atoms with Crippen molar-refractivity contribution in [3.63, 3.8) is 0 Å². The third kappa shape index (κ3) is 4.33. The second-order valence-electron chi connectivity index (χ2n) is 5.59. The number of rotatable bonds is 5. The van der Waals surface area contributed by atoms with E-state index in [0.29, 0.717) is 28.0 Å². The number of methoxy groups -OCH3 is 2. The SMILES string of the molecule is COc1ccc(C(C)N(C)C(=O)Nc2ccc(Cl)nc2C)c(OC)c1. The number of aryl methyl sites for hydroxylation is 1. The third-order valence-electron chi connectivity index (χ3n) is 4.09. The van der Waals surface area contributed by atoms with Gasteiger partial charge in [0.05, 0.1) is 31.6 Å². The van der Waals surface area contributed by atoms with Crippen LogP contribution in [0, 0.1) is 6.92 Å². The van der Waals surface area contributed by atoms with Gasteiger partial charge in [0.2, 0.25) is 0 Å². The molecule has 2 aromatic rings. The van der Waals surface area contributed by atoms with Crippen LogP contribution in [0.1, 0.15) is 24.2 Å². The van der Waals surface area contributed by atoms with Gasteiger partial charge < -0.3 is 19.7 Å². The average Bonchev–Trinajstić information content (AvgIpc) is 2.62. The van der Waals surface area contributed by atoms with Crippen LogP contribution >= 0.6 is 11.6 Å². The first-order valence-corrected chi connectivity index (χ1v) is 8.14. The minimum atomic E-state index is -0.252. The molecule has 0 bridgehead atoms. The minimum Gasteiger partial charge on any atom is -0.497 e. The van der Waals surface area contributed by atoms with Crippen LogP contribution in [0.4, 0.5) is 10.5 Å². The lowest BCUT2D eigenvalue weighted by Gasteiger charge is -2.27. The quantitative estimate of drug-likeness (QED) is 0.805. The van der Waals surface area contributed by atoms with Crippen molar-refractivity contribution in [3.8, 4) is 11.5 Å². The molecule has 1 heterocycles. The molecule has 2 rings (SSSR count). The molecule has 25 heavy (non-hydrogen) atoms. The van der Waals surface area contributed by atoms with Crippen LogP contribution in [-0.4, -0.2) is 37.2 Å². The Kier molecular flexibility index (Phi) is 6.09. The molecule has 0 spiro atoms. The monoisotopic (exact) mass is 363 g/mol. The Labute approximate surface area is 152 Å². The number of anilines is 1. The molecular formula is C18H22ClN3O3. The molecule has 1 unspecified atom stereocenters. The van der Waals surface area contributed by atoms with E-state index >= 15 is 0 Å². The molecule has 0 aliphatic heterocycles. The molecule has 1 aromatic heterocycles. The number of nitrogens with one attached hydrogen (secondary N) is 1. The van der Waals surface area contributed by atoms with Crippen molar-refractivity contribution in [1.29, 1.82) is 0 Å². The summed E-state index contributed by atoms with van der Waals surface area (Å²) in [6.07, 6.45) is 0. The van der Waals surface area contributed by atoms with Gasteiger partial charge in [-0.15, -0.1) is 0 Å². The number of ether oxygens (including phenoxy) is 2. The fourth-order valence-electron chi connectivity index (χ4n) is 2.41. The van der Waals surface area contributed by atoms with Gasteiger partial charge in [-0.25, -0.2) is 9.78 Å². The van der Waals surface area contributed by atoms with E-state index < -0.39 is 0 Å². The predicted molar refractivity (Wildman–Crippen MR) is 98.7 cm³/mol. The Morgan fingerprint density at radius 2 is 1.96 bits per heavy atom. The highest BCUT2D eigenvalue weighted by Crippen LogP contribution is 2.32. The molecule has 7 heteroatoms. The van der Waals surface area contributed by atoms with E-state index in [0.717, 1.165) is 5.56 Å². The maximum absolute atomic E-state index is 12.6. The summed E-state index contributed by atoms with van der Waals surface area (Å²) in [5, 5.41) is 3.24. The predicted octanol–water partition coefficient (Wildman–Crippen LogP) is 4.29. The van der Waals surface area contributed by atoms with E-state index in [9.17, 15) is 4.79 Å². The average molecular weight is 364 g/mol. The van der Waals surface area contributed by atoms with Crippen LogP contribution in [0.25, 0.3) is 0 Å². The third-order valence-corrected chi connectivity index (χ3v) is 4.30. The van der Waals surface area contributed by atoms with E-state index in [4.69, 9.17) is 21.1 Å². The summed E-state index contributed by atoms with van der Waals surface area (Å²) in [7, 11) is 4.91. The summed E-state index contributed by atoms with van der Waals surface area (Å²) in [6.45, 7) is 3.72. The zero-order valence-corrected chi connectivity index (χ0v) is 15.7. The van der Waals surface area contributed by atoms with Crippen LogP contribution in [0.3, 0.4) is 0 Å². The zero-order valence-electron chi connectivity index (χ0n) is 15.0. The van der Waals surface area contributed by atoms with Gasteiger partial charge in [-0.3, -0.25) is 0 Å². The van der Waals surface area contributed by atoms with Gasteiger partial charge in [-0.1, -0.05) is 11.6 Å². The Bertz CT molecular complexity index is 767. The van der Waals surface area contributed by atoms with Crippen LogP contribution in [0.2, 0.25) is 5.15 Å². The van der Waals surface area contributed by atoms with E-state index in [1.54, 1.807) is 51.3 Å². The largest absolute Gasteiger partial charge is 0.497 e. The van der Waals surface area contributed by atoms with Gasteiger partial charge in [0.15, 0.2) is 0 Å². The van der Waals surface area contributed by atoms with Crippen molar-refractivity contribution in [1.82, 2.24) is 9.88 Å². The number of pyridine rings is 1. The summed E-state index contributed by atoms with van der Waals surface area (Å²) < 4.78 is 10.6. The fourth-order valence-corrected chi connectivity index (χ4v) is 2.60. The number of halogens is 1. The van der Waals surface area contributed by atoms with Gasteiger partial charge in [-0.05, 0) is 38.1 Å². The number of benzene rings is 1.